The number of nitro groups is 1. The fourth-order valence-electron chi connectivity index (χ4n) is 1.31. The summed E-state index contributed by atoms with van der Waals surface area (Å²) in [5.74, 6) is 0.575. The number of hydrogen-bond donors (Lipinski definition) is 2. The third-order valence-electron chi connectivity index (χ3n) is 1.94. The van der Waals surface area contributed by atoms with Crippen LogP contribution in [-0.2, 0) is 0 Å². The first kappa shape index (κ1) is 9.79. The van der Waals surface area contributed by atoms with Gasteiger partial charge in [-0.05, 0) is 0 Å². The summed E-state index contributed by atoms with van der Waals surface area (Å²) in [4.78, 5) is 11.8. The first-order valence-corrected chi connectivity index (χ1v) is 4.23. The van der Waals surface area contributed by atoms with Crippen molar-refractivity contribution in [3.05, 3.63) is 22.1 Å². The normalized spacial score (nSPS) is 18.5. The fourth-order valence-corrected chi connectivity index (χ4v) is 1.31. The van der Waals surface area contributed by atoms with E-state index in [0.717, 1.165) is 32.4 Å². The Kier molecular flexibility index (Phi) is 3.51. The lowest BCUT2D eigenvalue weighted by atomic mass is 10.4. The molecule has 0 atom stereocenters. The second-order valence-corrected chi connectivity index (χ2v) is 2.79. The highest BCUT2D eigenvalue weighted by molar-refractivity contribution is 4.95. The third-order valence-corrected chi connectivity index (χ3v) is 1.94. The quantitative estimate of drug-likeness (QED) is 0.445. The fraction of sp³-hybridized carbons (Fsp3) is 0.714. The predicted octanol–water partition coefficient (Wildman–Crippen LogP) is -0.813. The van der Waals surface area contributed by atoms with Gasteiger partial charge in [0.1, 0.15) is 0 Å². The van der Waals surface area contributed by atoms with Crippen LogP contribution >= 0.6 is 0 Å². The Morgan fingerprint density at radius 1 is 1.62 bits per heavy atom. The van der Waals surface area contributed by atoms with Crippen molar-refractivity contribution in [3.8, 4) is 0 Å². The molecule has 6 nitrogen and oxygen atoms in total. The molecule has 13 heavy (non-hydrogen) atoms. The molecule has 1 saturated heterocycles. The molecule has 0 unspecified atom stereocenters. The molecule has 1 aliphatic rings. The van der Waals surface area contributed by atoms with E-state index in [9.17, 15) is 10.1 Å². The second kappa shape index (κ2) is 4.66. The summed E-state index contributed by atoms with van der Waals surface area (Å²) in [7, 11) is 1.69. The van der Waals surface area contributed by atoms with Crippen molar-refractivity contribution < 1.29 is 4.92 Å². The van der Waals surface area contributed by atoms with Crippen LogP contribution in [-0.4, -0.2) is 43.0 Å². The molecule has 0 aliphatic carbocycles. The van der Waals surface area contributed by atoms with Gasteiger partial charge in [0.05, 0.1) is 4.92 Å². The SMILES string of the molecule is CN/C(=C\[N+](=O)[O-])N1CCNCC1. The standard InChI is InChI=1S/C7H14N4O2/c1-8-7(6-11(12)13)10-4-2-9-3-5-10/h6,8-9H,2-5H2,1H3/b7-6+. The number of nitrogens with one attached hydrogen (secondary N) is 2. The van der Waals surface area contributed by atoms with E-state index < -0.39 is 4.92 Å². The van der Waals surface area contributed by atoms with Crippen molar-refractivity contribution in [2.24, 2.45) is 0 Å². The van der Waals surface area contributed by atoms with Crippen LogP contribution in [0.3, 0.4) is 0 Å². The Labute approximate surface area is 76.7 Å². The molecule has 1 fully saturated rings. The van der Waals surface area contributed by atoms with Crippen molar-refractivity contribution in [1.82, 2.24) is 15.5 Å². The molecule has 6 heteroatoms. The van der Waals surface area contributed by atoms with Gasteiger partial charge in [0.25, 0.3) is 6.20 Å². The maximum absolute atomic E-state index is 10.3. The van der Waals surface area contributed by atoms with Gasteiger partial charge in [0.15, 0.2) is 5.82 Å². The summed E-state index contributed by atoms with van der Waals surface area (Å²) < 4.78 is 0. The van der Waals surface area contributed by atoms with Crippen LogP contribution in [0.15, 0.2) is 12.0 Å². The molecule has 0 saturated carbocycles. The minimum atomic E-state index is -0.437. The van der Waals surface area contributed by atoms with Gasteiger partial charge in [0, 0.05) is 33.2 Å². The Hall–Kier alpha value is -1.30. The van der Waals surface area contributed by atoms with Gasteiger partial charge in [-0.3, -0.25) is 10.1 Å². The molecule has 0 aromatic heterocycles. The molecular formula is C7H14N4O2. The molecule has 74 valence electrons. The highest BCUT2D eigenvalue weighted by atomic mass is 16.6. The van der Waals surface area contributed by atoms with Gasteiger partial charge in [-0.15, -0.1) is 0 Å². The maximum atomic E-state index is 10.3. The van der Waals surface area contributed by atoms with Crippen LogP contribution in [0, 0.1) is 10.1 Å². The molecule has 1 heterocycles. The molecule has 0 spiro atoms. The van der Waals surface area contributed by atoms with Crippen molar-refractivity contribution in [1.29, 1.82) is 0 Å². The Morgan fingerprint density at radius 3 is 2.69 bits per heavy atom. The molecule has 1 rings (SSSR count). The van der Waals surface area contributed by atoms with Crippen LogP contribution in [0.4, 0.5) is 0 Å². The van der Waals surface area contributed by atoms with E-state index in [2.05, 4.69) is 10.6 Å². The zero-order valence-corrected chi connectivity index (χ0v) is 7.62. The Morgan fingerprint density at radius 2 is 2.23 bits per heavy atom. The lowest BCUT2D eigenvalue weighted by molar-refractivity contribution is -0.404. The van der Waals surface area contributed by atoms with E-state index in [0.29, 0.717) is 5.82 Å². The van der Waals surface area contributed by atoms with Gasteiger partial charge in [-0.25, -0.2) is 0 Å². The first-order valence-electron chi connectivity index (χ1n) is 4.23. The van der Waals surface area contributed by atoms with Gasteiger partial charge in [-0.1, -0.05) is 0 Å². The van der Waals surface area contributed by atoms with Crippen molar-refractivity contribution >= 4 is 0 Å². The molecule has 0 aromatic carbocycles. The smallest absolute Gasteiger partial charge is 0.274 e. The summed E-state index contributed by atoms with van der Waals surface area (Å²) >= 11 is 0. The van der Waals surface area contributed by atoms with E-state index in [-0.39, 0.29) is 0 Å². The lowest BCUT2D eigenvalue weighted by Gasteiger charge is -2.29. The molecular weight excluding hydrogens is 172 g/mol. The molecule has 0 amide bonds. The topological polar surface area (TPSA) is 70.4 Å². The van der Waals surface area contributed by atoms with Crippen molar-refractivity contribution in [2.45, 2.75) is 0 Å². The second-order valence-electron chi connectivity index (χ2n) is 2.79. The molecule has 0 bridgehead atoms. The minimum absolute atomic E-state index is 0.437. The Bertz CT molecular complexity index is 211. The molecule has 1 aliphatic heterocycles. The predicted molar refractivity (Wildman–Crippen MR) is 48.6 cm³/mol. The summed E-state index contributed by atoms with van der Waals surface area (Å²) in [5.41, 5.74) is 0. The largest absolute Gasteiger partial charge is 0.370 e. The third kappa shape index (κ3) is 2.90. The van der Waals surface area contributed by atoms with Gasteiger partial charge in [0.2, 0.25) is 0 Å². The zero-order chi connectivity index (χ0) is 9.68. The first-order chi connectivity index (χ1) is 6.24. The summed E-state index contributed by atoms with van der Waals surface area (Å²) in [6.07, 6.45) is 1.01. The molecule has 0 radical (unpaired) electrons. The van der Waals surface area contributed by atoms with Crippen LogP contribution < -0.4 is 10.6 Å². The summed E-state index contributed by atoms with van der Waals surface area (Å²) in [6, 6.07) is 0. The maximum Gasteiger partial charge on any atom is 0.274 e. The highest BCUT2D eigenvalue weighted by Gasteiger charge is 2.14. The lowest BCUT2D eigenvalue weighted by Crippen LogP contribution is -2.45. The number of rotatable bonds is 3. The van der Waals surface area contributed by atoms with E-state index >= 15 is 0 Å². The Balaban J connectivity index is 2.58. The molecule has 0 aromatic rings. The van der Waals surface area contributed by atoms with E-state index in [1.165, 1.54) is 0 Å². The zero-order valence-electron chi connectivity index (χ0n) is 7.62. The van der Waals surface area contributed by atoms with Crippen molar-refractivity contribution in [3.63, 3.8) is 0 Å². The number of hydrogen-bond acceptors (Lipinski definition) is 5. The highest BCUT2D eigenvalue weighted by Crippen LogP contribution is 2.01. The summed E-state index contributed by atoms with van der Waals surface area (Å²) in [6.45, 7) is 3.36. The van der Waals surface area contributed by atoms with E-state index in [1.54, 1.807) is 7.05 Å². The average molecular weight is 186 g/mol. The van der Waals surface area contributed by atoms with Gasteiger partial charge < -0.3 is 15.5 Å². The van der Waals surface area contributed by atoms with Crippen LogP contribution in [0.1, 0.15) is 0 Å². The summed E-state index contributed by atoms with van der Waals surface area (Å²) in [5, 5.41) is 16.3. The van der Waals surface area contributed by atoms with E-state index in [1.807, 2.05) is 4.90 Å². The van der Waals surface area contributed by atoms with Crippen LogP contribution in [0.25, 0.3) is 0 Å². The monoisotopic (exact) mass is 186 g/mol. The number of nitrogens with zero attached hydrogens (tertiary/aromatic N) is 2. The average Bonchev–Trinajstić information content (AvgIpc) is 2.15. The van der Waals surface area contributed by atoms with Crippen molar-refractivity contribution in [2.75, 3.05) is 33.2 Å². The van der Waals surface area contributed by atoms with Gasteiger partial charge >= 0.3 is 0 Å². The van der Waals surface area contributed by atoms with Crippen LogP contribution in [0.2, 0.25) is 0 Å². The van der Waals surface area contributed by atoms with Gasteiger partial charge in [-0.2, -0.15) is 0 Å². The van der Waals surface area contributed by atoms with Crippen LogP contribution in [0.5, 0.6) is 0 Å². The minimum Gasteiger partial charge on any atom is -0.370 e. The number of piperazine rings is 1. The molecule has 2 N–H and O–H groups in total. The van der Waals surface area contributed by atoms with E-state index in [4.69, 9.17) is 0 Å².